The average Bonchev–Trinajstić information content (AvgIpc) is 2.48. The molecule has 0 N–H and O–H groups in total. The number of alkyl halides is 1. The molecule has 0 saturated carbocycles. The highest BCUT2D eigenvalue weighted by Gasteiger charge is 2.10. The molecule has 0 aliphatic rings. The minimum atomic E-state index is -0.119. The standard InChI is InChI=1S/C16H17ClOS/c1-3-18-14-8-4-12(5-9-14)16(17)13-6-10-15(19-2)11-7-13/h4-11,16H,3H2,1-2H3. The molecular formula is C16H17ClOS. The van der Waals surface area contributed by atoms with Crippen molar-refractivity contribution in [3.8, 4) is 5.75 Å². The highest BCUT2D eigenvalue weighted by molar-refractivity contribution is 7.98. The number of benzene rings is 2. The van der Waals surface area contributed by atoms with E-state index in [0.29, 0.717) is 6.61 Å². The van der Waals surface area contributed by atoms with Crippen molar-refractivity contribution >= 4 is 23.4 Å². The highest BCUT2D eigenvalue weighted by Crippen LogP contribution is 2.30. The largest absolute Gasteiger partial charge is 0.494 e. The Labute approximate surface area is 123 Å². The zero-order valence-electron chi connectivity index (χ0n) is 11.1. The maximum Gasteiger partial charge on any atom is 0.119 e. The van der Waals surface area contributed by atoms with Crippen molar-refractivity contribution < 1.29 is 4.74 Å². The molecule has 1 atom stereocenters. The first kappa shape index (κ1) is 14.3. The average molecular weight is 293 g/mol. The highest BCUT2D eigenvalue weighted by atomic mass is 35.5. The van der Waals surface area contributed by atoms with E-state index in [9.17, 15) is 0 Å². The number of rotatable bonds is 5. The molecule has 3 heteroatoms. The lowest BCUT2D eigenvalue weighted by Gasteiger charge is -2.12. The van der Waals surface area contributed by atoms with Crippen LogP contribution in [0.5, 0.6) is 5.75 Å². The molecule has 0 amide bonds. The number of hydrogen-bond acceptors (Lipinski definition) is 2. The molecule has 1 unspecified atom stereocenters. The summed E-state index contributed by atoms with van der Waals surface area (Å²) in [4.78, 5) is 1.25. The first-order chi connectivity index (χ1) is 9.24. The number of thioether (sulfide) groups is 1. The van der Waals surface area contributed by atoms with Gasteiger partial charge in [0.25, 0.3) is 0 Å². The van der Waals surface area contributed by atoms with Crippen molar-refractivity contribution in [2.75, 3.05) is 12.9 Å². The fraction of sp³-hybridized carbons (Fsp3) is 0.250. The fourth-order valence-corrected chi connectivity index (χ4v) is 2.56. The molecule has 0 radical (unpaired) electrons. The fourth-order valence-electron chi connectivity index (χ4n) is 1.87. The van der Waals surface area contributed by atoms with E-state index in [-0.39, 0.29) is 5.38 Å². The number of halogens is 1. The van der Waals surface area contributed by atoms with E-state index in [1.807, 2.05) is 31.2 Å². The number of ether oxygens (including phenoxy) is 1. The maximum atomic E-state index is 6.51. The Hall–Kier alpha value is -1.12. The second-order valence-corrected chi connectivity index (χ2v) is 5.45. The predicted molar refractivity (Wildman–Crippen MR) is 83.5 cm³/mol. The van der Waals surface area contributed by atoms with E-state index in [1.165, 1.54) is 4.90 Å². The van der Waals surface area contributed by atoms with E-state index in [1.54, 1.807) is 11.8 Å². The van der Waals surface area contributed by atoms with Gasteiger partial charge in [-0.25, -0.2) is 0 Å². The zero-order chi connectivity index (χ0) is 13.7. The molecule has 0 aromatic heterocycles. The molecule has 0 aliphatic heterocycles. The summed E-state index contributed by atoms with van der Waals surface area (Å²) in [7, 11) is 0. The van der Waals surface area contributed by atoms with Gasteiger partial charge in [-0.3, -0.25) is 0 Å². The molecule has 100 valence electrons. The van der Waals surface area contributed by atoms with Gasteiger partial charge in [0.1, 0.15) is 5.75 Å². The van der Waals surface area contributed by atoms with Gasteiger partial charge in [-0.05, 0) is 48.6 Å². The van der Waals surface area contributed by atoms with Crippen LogP contribution in [0.1, 0.15) is 23.4 Å². The summed E-state index contributed by atoms with van der Waals surface area (Å²) in [5.41, 5.74) is 2.20. The topological polar surface area (TPSA) is 9.23 Å². The van der Waals surface area contributed by atoms with Gasteiger partial charge < -0.3 is 4.74 Å². The molecule has 2 aromatic rings. The number of hydrogen-bond donors (Lipinski definition) is 0. The Morgan fingerprint density at radius 1 is 1.00 bits per heavy atom. The monoisotopic (exact) mass is 292 g/mol. The van der Waals surface area contributed by atoms with Gasteiger partial charge in [0.15, 0.2) is 0 Å². The third kappa shape index (κ3) is 3.68. The Balaban J connectivity index is 2.15. The van der Waals surface area contributed by atoms with Crippen LogP contribution in [0.3, 0.4) is 0 Å². The molecule has 0 aliphatic carbocycles. The zero-order valence-corrected chi connectivity index (χ0v) is 12.7. The molecule has 1 nitrogen and oxygen atoms in total. The molecular weight excluding hydrogens is 276 g/mol. The molecule has 2 rings (SSSR count). The predicted octanol–water partition coefficient (Wildman–Crippen LogP) is 5.14. The third-order valence-corrected chi connectivity index (χ3v) is 4.14. The van der Waals surface area contributed by atoms with Gasteiger partial charge >= 0.3 is 0 Å². The van der Waals surface area contributed by atoms with Crippen LogP contribution in [-0.4, -0.2) is 12.9 Å². The lowest BCUT2D eigenvalue weighted by Crippen LogP contribution is -1.95. The van der Waals surface area contributed by atoms with Gasteiger partial charge in [-0.2, -0.15) is 0 Å². The Kier molecular flexibility index (Phi) is 5.17. The van der Waals surface area contributed by atoms with Crippen molar-refractivity contribution in [1.29, 1.82) is 0 Å². The summed E-state index contributed by atoms with van der Waals surface area (Å²) in [6.07, 6.45) is 2.07. The molecule has 0 saturated heterocycles. The van der Waals surface area contributed by atoms with Crippen LogP contribution in [0.25, 0.3) is 0 Å². The lowest BCUT2D eigenvalue weighted by molar-refractivity contribution is 0.340. The minimum Gasteiger partial charge on any atom is -0.494 e. The van der Waals surface area contributed by atoms with E-state index in [2.05, 4.69) is 30.5 Å². The van der Waals surface area contributed by atoms with Crippen molar-refractivity contribution in [3.63, 3.8) is 0 Å². The van der Waals surface area contributed by atoms with Crippen LogP contribution in [0.2, 0.25) is 0 Å². The van der Waals surface area contributed by atoms with Crippen LogP contribution >= 0.6 is 23.4 Å². The summed E-state index contributed by atoms with van der Waals surface area (Å²) in [5, 5.41) is -0.119. The summed E-state index contributed by atoms with van der Waals surface area (Å²) < 4.78 is 5.43. The van der Waals surface area contributed by atoms with E-state index in [0.717, 1.165) is 16.9 Å². The van der Waals surface area contributed by atoms with Crippen molar-refractivity contribution in [1.82, 2.24) is 0 Å². The van der Waals surface area contributed by atoms with Crippen LogP contribution in [-0.2, 0) is 0 Å². The first-order valence-corrected chi connectivity index (χ1v) is 7.91. The quantitative estimate of drug-likeness (QED) is 0.558. The summed E-state index contributed by atoms with van der Waals surface area (Å²) >= 11 is 8.24. The van der Waals surface area contributed by atoms with Gasteiger partial charge in [0.2, 0.25) is 0 Å². The third-order valence-electron chi connectivity index (χ3n) is 2.89. The summed E-state index contributed by atoms with van der Waals surface area (Å²) in [6, 6.07) is 16.3. The van der Waals surface area contributed by atoms with Crippen molar-refractivity contribution in [2.45, 2.75) is 17.2 Å². The smallest absolute Gasteiger partial charge is 0.119 e. The second-order valence-electron chi connectivity index (χ2n) is 4.14. The van der Waals surface area contributed by atoms with Gasteiger partial charge in [-0.1, -0.05) is 24.3 Å². The molecule has 0 spiro atoms. The molecule has 2 aromatic carbocycles. The van der Waals surface area contributed by atoms with E-state index < -0.39 is 0 Å². The van der Waals surface area contributed by atoms with Crippen LogP contribution in [0, 0.1) is 0 Å². The van der Waals surface area contributed by atoms with Gasteiger partial charge in [0.05, 0.1) is 12.0 Å². The van der Waals surface area contributed by atoms with Gasteiger partial charge in [0, 0.05) is 4.90 Å². The molecule has 19 heavy (non-hydrogen) atoms. The Morgan fingerprint density at radius 2 is 1.53 bits per heavy atom. The summed E-state index contributed by atoms with van der Waals surface area (Å²) in [5.74, 6) is 0.882. The lowest BCUT2D eigenvalue weighted by atomic mass is 10.0. The second kappa shape index (κ2) is 6.88. The SMILES string of the molecule is CCOc1ccc(C(Cl)c2ccc(SC)cc2)cc1. The molecule has 0 heterocycles. The maximum absolute atomic E-state index is 6.51. The first-order valence-electron chi connectivity index (χ1n) is 6.25. The Morgan fingerprint density at radius 3 is 2.00 bits per heavy atom. The van der Waals surface area contributed by atoms with Crippen molar-refractivity contribution in [2.24, 2.45) is 0 Å². The van der Waals surface area contributed by atoms with Crippen molar-refractivity contribution in [3.05, 3.63) is 59.7 Å². The normalized spacial score (nSPS) is 12.2. The van der Waals surface area contributed by atoms with Crippen LogP contribution in [0.4, 0.5) is 0 Å². The van der Waals surface area contributed by atoms with Crippen LogP contribution in [0.15, 0.2) is 53.4 Å². The van der Waals surface area contributed by atoms with E-state index >= 15 is 0 Å². The molecule has 0 bridgehead atoms. The minimum absolute atomic E-state index is 0.119. The summed E-state index contributed by atoms with van der Waals surface area (Å²) in [6.45, 7) is 2.66. The Bertz CT molecular complexity index is 507. The van der Waals surface area contributed by atoms with E-state index in [4.69, 9.17) is 16.3 Å². The van der Waals surface area contributed by atoms with Crippen LogP contribution < -0.4 is 4.74 Å². The molecule has 0 fully saturated rings. The van der Waals surface area contributed by atoms with Gasteiger partial charge in [-0.15, -0.1) is 23.4 Å².